The van der Waals surface area contributed by atoms with Crippen molar-refractivity contribution in [1.29, 1.82) is 0 Å². The molecule has 0 fully saturated rings. The van der Waals surface area contributed by atoms with E-state index in [1.165, 1.54) is 0 Å². The van der Waals surface area contributed by atoms with Crippen LogP contribution in [0.4, 0.5) is 0 Å². The highest BCUT2D eigenvalue weighted by molar-refractivity contribution is 5.78. The van der Waals surface area contributed by atoms with E-state index in [0.717, 1.165) is 0 Å². The zero-order valence-electron chi connectivity index (χ0n) is 8.18. The minimum Gasteiger partial charge on any atom is -0.359 e. The number of rotatable bonds is 4. The first-order valence-corrected chi connectivity index (χ1v) is 4.11. The van der Waals surface area contributed by atoms with Crippen molar-refractivity contribution < 1.29 is 9.59 Å². The van der Waals surface area contributed by atoms with Crippen molar-refractivity contribution >= 4 is 12.3 Å². The van der Waals surface area contributed by atoms with Crippen molar-refractivity contribution in [2.75, 3.05) is 13.6 Å². The van der Waals surface area contributed by atoms with Crippen molar-refractivity contribution in [1.82, 2.24) is 10.6 Å². The fraction of sp³-hybridized carbons (Fsp3) is 0.750. The van der Waals surface area contributed by atoms with Gasteiger partial charge in [0, 0.05) is 13.6 Å². The van der Waals surface area contributed by atoms with Gasteiger partial charge in [0.05, 0.1) is 5.92 Å². The Labute approximate surface area is 73.7 Å². The molecule has 0 radical (unpaired) electrons. The third-order valence-corrected chi connectivity index (χ3v) is 1.20. The monoisotopic (exact) mass is 174 g/mol. The lowest BCUT2D eigenvalue weighted by atomic mass is 10.2. The summed E-state index contributed by atoms with van der Waals surface area (Å²) in [5.41, 5.74) is 0. The van der Waals surface area contributed by atoms with Gasteiger partial charge in [-0.1, -0.05) is 20.8 Å². The Morgan fingerprint density at radius 3 is 2.33 bits per heavy atom. The molecule has 4 heteroatoms. The Kier molecular flexibility index (Phi) is 11.2. The number of amides is 2. The van der Waals surface area contributed by atoms with Gasteiger partial charge in [0.2, 0.25) is 12.3 Å². The highest BCUT2D eigenvalue weighted by Gasteiger charge is 2.08. The van der Waals surface area contributed by atoms with Crippen molar-refractivity contribution in [3.8, 4) is 0 Å². The first-order valence-electron chi connectivity index (χ1n) is 4.11. The van der Waals surface area contributed by atoms with E-state index < -0.39 is 0 Å². The van der Waals surface area contributed by atoms with Crippen molar-refractivity contribution in [2.24, 2.45) is 5.92 Å². The molecule has 0 saturated carbocycles. The van der Waals surface area contributed by atoms with Crippen LogP contribution in [0.15, 0.2) is 0 Å². The van der Waals surface area contributed by atoms with Crippen molar-refractivity contribution in [2.45, 2.75) is 20.8 Å². The summed E-state index contributed by atoms with van der Waals surface area (Å²) in [5, 5.41) is 4.90. The van der Waals surface area contributed by atoms with Crippen LogP contribution in [0.25, 0.3) is 0 Å². The van der Waals surface area contributed by atoms with Crippen LogP contribution in [0.5, 0.6) is 0 Å². The van der Waals surface area contributed by atoms with E-state index in [-0.39, 0.29) is 11.8 Å². The second-order valence-corrected chi connectivity index (χ2v) is 2.04. The fourth-order valence-corrected chi connectivity index (χ4v) is 0.564. The second-order valence-electron chi connectivity index (χ2n) is 2.04. The quantitative estimate of drug-likeness (QED) is 0.596. The normalized spacial score (nSPS) is 10.3. The standard InChI is InChI=1S/C6H12N2O2.C2H6/c1-5(3-8-4-9)6(10)7-2;1-2/h4-5H,3H2,1-2H3,(H,7,10)(H,8,9);1-2H3. The molecular weight excluding hydrogens is 156 g/mol. The van der Waals surface area contributed by atoms with Gasteiger partial charge in [0.1, 0.15) is 0 Å². The van der Waals surface area contributed by atoms with Crippen LogP contribution in [0.2, 0.25) is 0 Å². The fourth-order valence-electron chi connectivity index (χ4n) is 0.564. The van der Waals surface area contributed by atoms with Crippen LogP contribution < -0.4 is 10.6 Å². The van der Waals surface area contributed by atoms with Crippen LogP contribution >= 0.6 is 0 Å². The molecular formula is C8H18N2O2. The zero-order valence-corrected chi connectivity index (χ0v) is 8.18. The zero-order chi connectivity index (χ0) is 9.98. The Morgan fingerprint density at radius 1 is 1.50 bits per heavy atom. The largest absolute Gasteiger partial charge is 0.359 e. The summed E-state index contributed by atoms with van der Waals surface area (Å²) < 4.78 is 0. The van der Waals surface area contributed by atoms with E-state index in [9.17, 15) is 9.59 Å². The number of nitrogens with one attached hydrogen (secondary N) is 2. The molecule has 0 aliphatic carbocycles. The summed E-state index contributed by atoms with van der Waals surface area (Å²) in [6.45, 7) is 6.14. The van der Waals surface area contributed by atoms with Gasteiger partial charge >= 0.3 is 0 Å². The maximum absolute atomic E-state index is 10.8. The summed E-state index contributed by atoms with van der Waals surface area (Å²) in [5.74, 6) is -0.218. The molecule has 0 aromatic carbocycles. The van der Waals surface area contributed by atoms with E-state index in [0.29, 0.717) is 13.0 Å². The van der Waals surface area contributed by atoms with Crippen LogP contribution in [0.1, 0.15) is 20.8 Å². The van der Waals surface area contributed by atoms with Gasteiger partial charge in [-0.05, 0) is 0 Å². The number of hydrogen-bond donors (Lipinski definition) is 2. The second kappa shape index (κ2) is 9.94. The summed E-state index contributed by atoms with van der Waals surface area (Å²) >= 11 is 0. The molecule has 0 bridgehead atoms. The van der Waals surface area contributed by atoms with Crippen LogP contribution in [0.3, 0.4) is 0 Å². The Balaban J connectivity index is 0. The smallest absolute Gasteiger partial charge is 0.224 e. The minimum absolute atomic E-state index is 0.0608. The van der Waals surface area contributed by atoms with E-state index in [1.807, 2.05) is 13.8 Å². The third-order valence-electron chi connectivity index (χ3n) is 1.20. The number of carbonyl (C=O) groups is 2. The summed E-state index contributed by atoms with van der Waals surface area (Å²) in [6, 6.07) is 0. The lowest BCUT2D eigenvalue weighted by Crippen LogP contribution is -2.32. The molecule has 0 rings (SSSR count). The van der Waals surface area contributed by atoms with Crippen molar-refractivity contribution in [3.05, 3.63) is 0 Å². The molecule has 2 amide bonds. The molecule has 0 spiro atoms. The van der Waals surface area contributed by atoms with Gasteiger partial charge in [-0.2, -0.15) is 0 Å². The van der Waals surface area contributed by atoms with E-state index >= 15 is 0 Å². The highest BCUT2D eigenvalue weighted by Crippen LogP contribution is 1.89. The van der Waals surface area contributed by atoms with Gasteiger partial charge in [-0.15, -0.1) is 0 Å². The van der Waals surface area contributed by atoms with Crippen LogP contribution in [-0.4, -0.2) is 25.9 Å². The lowest BCUT2D eigenvalue weighted by Gasteiger charge is -2.07. The molecule has 1 unspecified atom stereocenters. The molecule has 0 aromatic heterocycles. The van der Waals surface area contributed by atoms with Crippen molar-refractivity contribution in [3.63, 3.8) is 0 Å². The molecule has 0 aliphatic heterocycles. The summed E-state index contributed by atoms with van der Waals surface area (Å²) in [4.78, 5) is 20.5. The van der Waals surface area contributed by atoms with Gasteiger partial charge in [-0.3, -0.25) is 9.59 Å². The van der Waals surface area contributed by atoms with Gasteiger partial charge < -0.3 is 10.6 Å². The number of carbonyl (C=O) groups excluding carboxylic acids is 2. The molecule has 0 saturated heterocycles. The molecule has 4 nitrogen and oxygen atoms in total. The van der Waals surface area contributed by atoms with E-state index in [1.54, 1.807) is 14.0 Å². The van der Waals surface area contributed by atoms with Crippen LogP contribution in [-0.2, 0) is 9.59 Å². The average Bonchev–Trinajstić information content (AvgIpc) is 2.16. The Bertz CT molecular complexity index is 126. The summed E-state index contributed by atoms with van der Waals surface area (Å²) in [6.07, 6.45) is 0.583. The van der Waals surface area contributed by atoms with Gasteiger partial charge in [0.25, 0.3) is 0 Å². The predicted octanol–water partition coefficient (Wildman–Crippen LogP) is 0.141. The average molecular weight is 174 g/mol. The maximum Gasteiger partial charge on any atom is 0.224 e. The molecule has 0 aromatic rings. The van der Waals surface area contributed by atoms with Gasteiger partial charge in [-0.25, -0.2) is 0 Å². The molecule has 2 N–H and O–H groups in total. The Hall–Kier alpha value is -1.06. The Morgan fingerprint density at radius 2 is 2.00 bits per heavy atom. The minimum atomic E-state index is -0.157. The SMILES string of the molecule is CC.CNC(=O)C(C)CNC=O. The third kappa shape index (κ3) is 7.05. The number of hydrogen-bond acceptors (Lipinski definition) is 2. The summed E-state index contributed by atoms with van der Waals surface area (Å²) in [7, 11) is 1.57. The van der Waals surface area contributed by atoms with E-state index in [4.69, 9.17) is 0 Å². The predicted molar refractivity (Wildman–Crippen MR) is 48.6 cm³/mol. The topological polar surface area (TPSA) is 58.2 Å². The molecule has 1 atom stereocenters. The lowest BCUT2D eigenvalue weighted by molar-refractivity contribution is -0.123. The molecule has 0 heterocycles. The van der Waals surface area contributed by atoms with Crippen LogP contribution in [0, 0.1) is 5.92 Å². The highest BCUT2D eigenvalue weighted by atomic mass is 16.2. The first kappa shape index (κ1) is 13.5. The molecule has 0 aliphatic rings. The molecule has 12 heavy (non-hydrogen) atoms. The first-order chi connectivity index (χ1) is 5.72. The maximum atomic E-state index is 10.8. The van der Waals surface area contributed by atoms with E-state index in [2.05, 4.69) is 10.6 Å². The van der Waals surface area contributed by atoms with Gasteiger partial charge in [0.15, 0.2) is 0 Å². The molecule has 72 valence electrons.